The molecule has 1 aromatic carbocycles. The van der Waals surface area contributed by atoms with Crippen molar-refractivity contribution in [3.05, 3.63) is 59.1 Å². The number of carbonyl (C=O) groups is 2. The maximum atomic E-state index is 12.1. The van der Waals surface area contributed by atoms with Gasteiger partial charge in [0.1, 0.15) is 5.76 Å². The van der Waals surface area contributed by atoms with Crippen LogP contribution in [0.5, 0.6) is 0 Å². The van der Waals surface area contributed by atoms with Gasteiger partial charge in [-0.3, -0.25) is 4.79 Å². The van der Waals surface area contributed by atoms with Crippen LogP contribution in [0.4, 0.5) is 0 Å². The second-order valence-electron chi connectivity index (χ2n) is 5.00. The third kappa shape index (κ3) is 2.49. The van der Waals surface area contributed by atoms with Crippen molar-refractivity contribution in [3.63, 3.8) is 0 Å². The topological polar surface area (TPSA) is 52.6 Å². The van der Waals surface area contributed by atoms with Crippen molar-refractivity contribution in [3.8, 4) is 0 Å². The molecule has 1 aliphatic carbocycles. The number of ketones is 1. The van der Waals surface area contributed by atoms with E-state index >= 15 is 0 Å². The van der Waals surface area contributed by atoms with E-state index in [4.69, 9.17) is 9.47 Å². The maximum Gasteiger partial charge on any atom is 0.373 e. The Kier molecular flexibility index (Phi) is 3.60. The van der Waals surface area contributed by atoms with Crippen LogP contribution in [0.2, 0.25) is 0 Å². The maximum absolute atomic E-state index is 12.1. The molecule has 3 rings (SSSR count). The average molecular weight is 284 g/mol. The minimum Gasteiger partial charge on any atom is -0.460 e. The molecule has 21 heavy (non-hydrogen) atoms. The molecule has 1 unspecified atom stereocenters. The number of esters is 1. The fourth-order valence-electron chi connectivity index (χ4n) is 2.74. The van der Waals surface area contributed by atoms with Gasteiger partial charge in [-0.1, -0.05) is 30.3 Å². The van der Waals surface area contributed by atoms with Gasteiger partial charge in [-0.15, -0.1) is 0 Å². The summed E-state index contributed by atoms with van der Waals surface area (Å²) in [7, 11) is 0. The highest BCUT2D eigenvalue weighted by atomic mass is 16.6. The number of benzene rings is 1. The van der Waals surface area contributed by atoms with Crippen LogP contribution in [0.25, 0.3) is 0 Å². The lowest BCUT2D eigenvalue weighted by Crippen LogP contribution is -2.18. The smallest absolute Gasteiger partial charge is 0.373 e. The molecule has 4 heteroatoms. The second kappa shape index (κ2) is 5.56. The molecule has 0 spiro atoms. The first kappa shape index (κ1) is 13.6. The van der Waals surface area contributed by atoms with Crippen LogP contribution in [0.15, 0.2) is 53.5 Å². The Morgan fingerprint density at radius 1 is 1.29 bits per heavy atom. The summed E-state index contributed by atoms with van der Waals surface area (Å²) >= 11 is 0. The highest BCUT2D eigenvalue weighted by Crippen LogP contribution is 2.41. The predicted molar refractivity (Wildman–Crippen MR) is 76.3 cm³/mol. The van der Waals surface area contributed by atoms with Crippen LogP contribution < -0.4 is 0 Å². The Balaban J connectivity index is 2.01. The lowest BCUT2D eigenvalue weighted by atomic mass is 9.88. The van der Waals surface area contributed by atoms with Crippen molar-refractivity contribution in [2.24, 2.45) is 0 Å². The van der Waals surface area contributed by atoms with Gasteiger partial charge in [0.2, 0.25) is 5.76 Å². The van der Waals surface area contributed by atoms with Crippen molar-refractivity contribution < 1.29 is 19.1 Å². The Morgan fingerprint density at radius 2 is 2.05 bits per heavy atom. The molecule has 0 N–H and O–H groups in total. The zero-order valence-electron chi connectivity index (χ0n) is 11.8. The largest absolute Gasteiger partial charge is 0.460 e. The molecule has 1 atom stereocenters. The molecule has 1 heterocycles. The number of carbonyl (C=O) groups excluding carboxylic acids is 2. The van der Waals surface area contributed by atoms with E-state index in [0.29, 0.717) is 30.8 Å². The van der Waals surface area contributed by atoms with Crippen LogP contribution in [-0.2, 0) is 19.1 Å². The number of rotatable bonds is 3. The Bertz CT molecular complexity index is 640. The third-order valence-electron chi connectivity index (χ3n) is 3.68. The highest BCUT2D eigenvalue weighted by Gasteiger charge is 2.36. The number of Topliss-reactive ketones (excluding diaryl/α,β-unsaturated/α-hetero) is 1. The molecule has 2 aliphatic rings. The fourth-order valence-corrected chi connectivity index (χ4v) is 2.74. The van der Waals surface area contributed by atoms with Crippen LogP contribution in [-0.4, -0.2) is 18.4 Å². The first-order chi connectivity index (χ1) is 10.2. The molecule has 4 nitrogen and oxygen atoms in total. The fraction of sp³-hybridized carbons (Fsp3) is 0.294. The van der Waals surface area contributed by atoms with Crippen LogP contribution >= 0.6 is 0 Å². The average Bonchev–Trinajstić information content (AvgIpc) is 2.89. The first-order valence-electron chi connectivity index (χ1n) is 7.08. The summed E-state index contributed by atoms with van der Waals surface area (Å²) in [4.78, 5) is 24.0. The molecule has 0 saturated carbocycles. The molecule has 0 aromatic heterocycles. The van der Waals surface area contributed by atoms with Crippen molar-refractivity contribution in [2.45, 2.75) is 25.7 Å². The van der Waals surface area contributed by atoms with E-state index < -0.39 is 5.97 Å². The quantitative estimate of drug-likeness (QED) is 0.801. The number of hydrogen-bond acceptors (Lipinski definition) is 4. The van der Waals surface area contributed by atoms with E-state index in [1.165, 1.54) is 0 Å². The van der Waals surface area contributed by atoms with Crippen molar-refractivity contribution in [2.75, 3.05) is 6.61 Å². The lowest BCUT2D eigenvalue weighted by molar-refractivity contribution is -0.142. The van der Waals surface area contributed by atoms with Crippen molar-refractivity contribution >= 4 is 11.8 Å². The van der Waals surface area contributed by atoms with Gasteiger partial charge in [0.25, 0.3) is 0 Å². The molecule has 1 aliphatic heterocycles. The summed E-state index contributed by atoms with van der Waals surface area (Å²) in [5.41, 5.74) is 1.65. The zero-order chi connectivity index (χ0) is 14.8. The Hall–Kier alpha value is -2.36. The van der Waals surface area contributed by atoms with Gasteiger partial charge in [-0.25, -0.2) is 4.79 Å². The molecule has 0 saturated heterocycles. The monoisotopic (exact) mass is 284 g/mol. The Labute approximate surface area is 123 Å². The lowest BCUT2D eigenvalue weighted by Gasteiger charge is -2.23. The summed E-state index contributed by atoms with van der Waals surface area (Å²) in [6.07, 6.45) is 2.68. The second-order valence-corrected chi connectivity index (χ2v) is 5.00. The summed E-state index contributed by atoms with van der Waals surface area (Å²) < 4.78 is 10.6. The normalized spacial score (nSPS) is 20.7. The van der Waals surface area contributed by atoms with Gasteiger partial charge in [0, 0.05) is 24.3 Å². The minimum absolute atomic E-state index is 0.0954. The molecule has 0 fully saturated rings. The first-order valence-corrected chi connectivity index (χ1v) is 7.08. The summed E-state index contributed by atoms with van der Waals surface area (Å²) in [5, 5.41) is 0. The number of ether oxygens (including phenoxy) is 2. The van der Waals surface area contributed by atoms with E-state index in [9.17, 15) is 9.59 Å². The van der Waals surface area contributed by atoms with Gasteiger partial charge >= 0.3 is 5.97 Å². The molecule has 0 amide bonds. The summed E-state index contributed by atoms with van der Waals surface area (Å²) in [6, 6.07) is 9.66. The van der Waals surface area contributed by atoms with Gasteiger partial charge in [-0.05, 0) is 18.6 Å². The van der Waals surface area contributed by atoms with Crippen LogP contribution in [0, 0.1) is 0 Å². The van der Waals surface area contributed by atoms with Gasteiger partial charge in [-0.2, -0.15) is 0 Å². The van der Waals surface area contributed by atoms with Gasteiger partial charge < -0.3 is 9.47 Å². The number of allylic oxidation sites excluding steroid dienone is 3. The van der Waals surface area contributed by atoms with E-state index in [1.54, 1.807) is 13.0 Å². The SMILES string of the molecule is CCOC(=O)C1=CC(c2ccccc2)C2=C(CCC2=O)O1. The summed E-state index contributed by atoms with van der Waals surface area (Å²) in [5.74, 6) is 0.172. The van der Waals surface area contributed by atoms with E-state index in [1.807, 2.05) is 30.3 Å². The molecular formula is C17H16O4. The van der Waals surface area contributed by atoms with E-state index in [0.717, 1.165) is 5.56 Å². The molecule has 0 radical (unpaired) electrons. The molecule has 0 bridgehead atoms. The molecule has 108 valence electrons. The van der Waals surface area contributed by atoms with Crippen LogP contribution in [0.1, 0.15) is 31.2 Å². The van der Waals surface area contributed by atoms with Gasteiger partial charge in [0.05, 0.1) is 6.61 Å². The van der Waals surface area contributed by atoms with Gasteiger partial charge in [0.15, 0.2) is 5.78 Å². The van der Waals surface area contributed by atoms with Crippen molar-refractivity contribution in [1.29, 1.82) is 0 Å². The Morgan fingerprint density at radius 3 is 2.76 bits per heavy atom. The third-order valence-corrected chi connectivity index (χ3v) is 3.68. The van der Waals surface area contributed by atoms with Crippen LogP contribution in [0.3, 0.4) is 0 Å². The zero-order valence-corrected chi connectivity index (χ0v) is 11.8. The van der Waals surface area contributed by atoms with E-state index in [2.05, 4.69) is 0 Å². The molecule has 1 aromatic rings. The minimum atomic E-state index is -0.482. The standard InChI is InChI=1S/C17H16O4/c1-2-20-17(19)15-10-12(11-6-4-3-5-7-11)16-13(18)8-9-14(16)21-15/h3-7,10,12H,2,8-9H2,1H3. The van der Waals surface area contributed by atoms with E-state index in [-0.39, 0.29) is 17.5 Å². The van der Waals surface area contributed by atoms with Crippen molar-refractivity contribution in [1.82, 2.24) is 0 Å². The predicted octanol–water partition coefficient (Wildman–Crippen LogP) is 2.86. The number of hydrogen-bond donors (Lipinski definition) is 0. The summed E-state index contributed by atoms with van der Waals surface area (Å²) in [6.45, 7) is 2.04. The highest BCUT2D eigenvalue weighted by molar-refractivity contribution is 6.01. The molecular weight excluding hydrogens is 268 g/mol.